The van der Waals surface area contributed by atoms with Gasteiger partial charge in [-0.05, 0) is 39.7 Å². The molecule has 2 saturated heterocycles. The van der Waals surface area contributed by atoms with Crippen LogP contribution in [0.3, 0.4) is 0 Å². The highest BCUT2D eigenvalue weighted by atomic mass is 32.2. The summed E-state index contributed by atoms with van der Waals surface area (Å²) in [5.74, 6) is -1.69. The second kappa shape index (κ2) is 9.56. The summed E-state index contributed by atoms with van der Waals surface area (Å²) in [5.41, 5.74) is 0.590. The first-order valence-corrected chi connectivity index (χ1v) is 14.4. The number of hydrogen-bond donors (Lipinski definition) is 1. The molecular formula is C30H39N3O4S. The Hall–Kier alpha value is -2.58. The molecule has 0 radical (unpaired) electrons. The molecule has 1 aromatic carbocycles. The van der Waals surface area contributed by atoms with Crippen molar-refractivity contribution in [2.45, 2.75) is 74.7 Å². The molecule has 5 rings (SSSR count). The number of aliphatic hydroxyl groups excluding tert-OH is 1. The van der Waals surface area contributed by atoms with E-state index >= 15 is 0 Å². The highest BCUT2D eigenvalue weighted by Crippen LogP contribution is 2.66. The number of amides is 3. The third-order valence-electron chi connectivity index (χ3n) is 8.68. The number of rotatable bonds is 5. The number of benzene rings is 1. The maximum Gasteiger partial charge on any atom is 0.247 e. The average molecular weight is 538 g/mol. The molecule has 0 bridgehead atoms. The number of likely N-dealkylation sites (tertiary alicyclic amines) is 1. The molecule has 0 aliphatic carbocycles. The maximum atomic E-state index is 14.4. The van der Waals surface area contributed by atoms with Crippen LogP contribution in [-0.4, -0.2) is 84.3 Å². The SMILES string of the molecule is CC[C@@H](CO)N1C(=O)[C@@H]2[C@@H]3C(=O)N(Cc4ccccc4)CC=C[C@]3(C)S[C@@]23C=CCN(C(C)(C)C)C(=O)C13. The van der Waals surface area contributed by atoms with Gasteiger partial charge in [0.1, 0.15) is 6.04 Å². The van der Waals surface area contributed by atoms with Gasteiger partial charge in [-0.1, -0.05) is 61.6 Å². The largest absolute Gasteiger partial charge is 0.394 e. The summed E-state index contributed by atoms with van der Waals surface area (Å²) in [6.07, 6.45) is 8.69. The van der Waals surface area contributed by atoms with Crippen molar-refractivity contribution in [1.82, 2.24) is 14.7 Å². The number of thioether (sulfide) groups is 1. The van der Waals surface area contributed by atoms with Gasteiger partial charge in [0.15, 0.2) is 0 Å². The molecule has 1 spiro atoms. The summed E-state index contributed by atoms with van der Waals surface area (Å²) in [7, 11) is 0. The molecule has 7 nitrogen and oxygen atoms in total. The van der Waals surface area contributed by atoms with Gasteiger partial charge in [-0.3, -0.25) is 14.4 Å². The second-order valence-corrected chi connectivity index (χ2v) is 13.9. The topological polar surface area (TPSA) is 81.2 Å². The lowest BCUT2D eigenvalue weighted by atomic mass is 9.74. The van der Waals surface area contributed by atoms with Gasteiger partial charge >= 0.3 is 0 Å². The van der Waals surface area contributed by atoms with Crippen LogP contribution in [0.2, 0.25) is 0 Å². The van der Waals surface area contributed by atoms with Crippen molar-refractivity contribution < 1.29 is 19.5 Å². The van der Waals surface area contributed by atoms with Crippen LogP contribution in [0, 0.1) is 11.8 Å². The van der Waals surface area contributed by atoms with E-state index < -0.39 is 39.0 Å². The molecule has 4 aliphatic rings. The van der Waals surface area contributed by atoms with Crippen molar-refractivity contribution in [1.29, 1.82) is 0 Å². The lowest BCUT2D eigenvalue weighted by molar-refractivity contribution is -0.149. The van der Waals surface area contributed by atoms with E-state index in [9.17, 15) is 19.5 Å². The van der Waals surface area contributed by atoms with Crippen molar-refractivity contribution in [3.05, 3.63) is 60.2 Å². The van der Waals surface area contributed by atoms with Crippen LogP contribution in [0.25, 0.3) is 0 Å². The molecule has 1 N–H and O–H groups in total. The van der Waals surface area contributed by atoms with E-state index in [-0.39, 0.29) is 24.3 Å². The van der Waals surface area contributed by atoms with Crippen molar-refractivity contribution >= 4 is 29.5 Å². The fourth-order valence-corrected chi connectivity index (χ4v) is 9.01. The zero-order valence-electron chi connectivity index (χ0n) is 23.0. The van der Waals surface area contributed by atoms with Gasteiger partial charge in [0.05, 0.1) is 29.2 Å². The Morgan fingerprint density at radius 1 is 1.00 bits per heavy atom. The smallest absolute Gasteiger partial charge is 0.247 e. The number of carbonyl (C=O) groups is 3. The third-order valence-corrected chi connectivity index (χ3v) is 10.5. The second-order valence-electron chi connectivity index (χ2n) is 12.1. The van der Waals surface area contributed by atoms with Crippen molar-refractivity contribution in [3.8, 4) is 0 Å². The van der Waals surface area contributed by atoms with Gasteiger partial charge < -0.3 is 19.8 Å². The molecule has 6 atom stereocenters. The number of hydrogen-bond acceptors (Lipinski definition) is 5. The lowest BCUT2D eigenvalue weighted by Crippen LogP contribution is -2.59. The fraction of sp³-hybridized carbons (Fsp3) is 0.567. The summed E-state index contributed by atoms with van der Waals surface area (Å²) >= 11 is 1.59. The van der Waals surface area contributed by atoms with E-state index in [1.54, 1.807) is 16.7 Å². The van der Waals surface area contributed by atoms with Crippen molar-refractivity contribution in [3.63, 3.8) is 0 Å². The molecule has 0 saturated carbocycles. The lowest BCUT2D eigenvalue weighted by Gasteiger charge is -2.42. The molecule has 4 heterocycles. The van der Waals surface area contributed by atoms with Crippen LogP contribution >= 0.6 is 11.8 Å². The highest BCUT2D eigenvalue weighted by molar-refractivity contribution is 8.02. The van der Waals surface area contributed by atoms with E-state index in [0.717, 1.165) is 5.56 Å². The van der Waals surface area contributed by atoms with E-state index in [4.69, 9.17) is 0 Å². The van der Waals surface area contributed by atoms with Crippen LogP contribution in [0.1, 0.15) is 46.6 Å². The Morgan fingerprint density at radius 2 is 1.68 bits per heavy atom. The molecule has 2 fully saturated rings. The molecule has 1 aromatic rings. The summed E-state index contributed by atoms with van der Waals surface area (Å²) in [4.78, 5) is 48.4. The Labute approximate surface area is 229 Å². The molecule has 3 amide bonds. The Bertz CT molecular complexity index is 1170. The van der Waals surface area contributed by atoms with E-state index in [1.807, 2.05) is 93.0 Å². The van der Waals surface area contributed by atoms with Crippen molar-refractivity contribution in [2.75, 3.05) is 19.7 Å². The monoisotopic (exact) mass is 537 g/mol. The summed E-state index contributed by atoms with van der Waals surface area (Å²) in [6, 6.07) is 8.61. The number of fused-ring (bicyclic) bond motifs is 2. The van der Waals surface area contributed by atoms with Gasteiger partial charge in [0, 0.05) is 29.9 Å². The van der Waals surface area contributed by atoms with Crippen LogP contribution in [-0.2, 0) is 20.9 Å². The zero-order chi connectivity index (χ0) is 27.5. The van der Waals surface area contributed by atoms with E-state index in [0.29, 0.717) is 26.1 Å². The quantitative estimate of drug-likeness (QED) is 0.584. The van der Waals surface area contributed by atoms with Gasteiger partial charge in [-0.25, -0.2) is 0 Å². The molecule has 1 unspecified atom stereocenters. The molecule has 38 heavy (non-hydrogen) atoms. The Kier molecular flexibility index (Phi) is 6.79. The summed E-state index contributed by atoms with van der Waals surface area (Å²) in [6.45, 7) is 11.1. The van der Waals surface area contributed by atoms with Gasteiger partial charge in [0.25, 0.3) is 0 Å². The molecule has 8 heteroatoms. The number of nitrogens with zero attached hydrogens (tertiary/aromatic N) is 3. The highest BCUT2D eigenvalue weighted by Gasteiger charge is 2.74. The van der Waals surface area contributed by atoms with Gasteiger partial charge in [-0.2, -0.15) is 0 Å². The zero-order valence-corrected chi connectivity index (χ0v) is 23.8. The standard InChI is InChI=1S/C30H39N3O4S/c1-6-21(19-34)33-24-27(37)32(28(2,3)4)17-11-15-30(24)23(26(33)36)22-25(35)31(16-10-14-29(22,5)38-30)18-20-12-8-7-9-13-20/h7-15,21-24,34H,6,16-19H2,1-5H3/t21-,22+,23-,24?,29-,30-/m0/s1. The molecular weight excluding hydrogens is 498 g/mol. The first-order chi connectivity index (χ1) is 18.0. The predicted octanol–water partition coefficient (Wildman–Crippen LogP) is 3.24. The normalized spacial score (nSPS) is 33.7. The van der Waals surface area contributed by atoms with E-state index in [1.165, 1.54) is 0 Å². The minimum Gasteiger partial charge on any atom is -0.394 e. The first kappa shape index (κ1) is 27.0. The van der Waals surface area contributed by atoms with Crippen LogP contribution in [0.5, 0.6) is 0 Å². The van der Waals surface area contributed by atoms with Crippen LogP contribution in [0.15, 0.2) is 54.6 Å². The summed E-state index contributed by atoms with van der Waals surface area (Å²) < 4.78 is -1.54. The molecule has 204 valence electrons. The van der Waals surface area contributed by atoms with Crippen LogP contribution < -0.4 is 0 Å². The summed E-state index contributed by atoms with van der Waals surface area (Å²) in [5, 5.41) is 10.3. The van der Waals surface area contributed by atoms with Gasteiger partial charge in [-0.15, -0.1) is 11.8 Å². The first-order valence-electron chi connectivity index (χ1n) is 13.6. The maximum absolute atomic E-state index is 14.4. The van der Waals surface area contributed by atoms with E-state index in [2.05, 4.69) is 6.08 Å². The van der Waals surface area contributed by atoms with Gasteiger partial charge in [0.2, 0.25) is 17.7 Å². The Balaban J connectivity index is 1.63. The minimum absolute atomic E-state index is 0.0560. The number of aliphatic hydroxyl groups is 1. The predicted molar refractivity (Wildman–Crippen MR) is 149 cm³/mol. The number of carbonyl (C=O) groups excluding carboxylic acids is 3. The van der Waals surface area contributed by atoms with Crippen molar-refractivity contribution in [2.24, 2.45) is 11.8 Å². The minimum atomic E-state index is -0.897. The average Bonchev–Trinajstić information content (AvgIpc) is 3.13. The van der Waals surface area contributed by atoms with Crippen LogP contribution in [0.4, 0.5) is 0 Å². The third kappa shape index (κ3) is 4.02. The molecule has 4 aliphatic heterocycles. The Morgan fingerprint density at radius 3 is 2.32 bits per heavy atom. The fourth-order valence-electron chi connectivity index (χ4n) is 6.87. The molecule has 0 aromatic heterocycles.